The van der Waals surface area contributed by atoms with Crippen LogP contribution in [0.15, 0.2) is 20.9 Å². The first kappa shape index (κ1) is 17.6. The molecule has 0 saturated carbocycles. The van der Waals surface area contributed by atoms with Gasteiger partial charge in [-0.2, -0.15) is 0 Å². The minimum Gasteiger partial charge on any atom is -0.377 e. The Morgan fingerprint density at radius 3 is 2.83 bits per heavy atom. The summed E-state index contributed by atoms with van der Waals surface area (Å²) in [6, 6.07) is 3.00. The number of sulfonamides is 1. The number of aryl methyl sites for hydroxylation is 2. The maximum absolute atomic E-state index is 12.6. The average Bonchev–Trinajstić information content (AvgIpc) is 3.22. The van der Waals surface area contributed by atoms with Crippen LogP contribution in [-0.4, -0.2) is 45.5 Å². The Balaban J connectivity index is 1.81. The predicted octanol–water partition coefficient (Wildman–Crippen LogP) is 2.10. The van der Waals surface area contributed by atoms with Crippen LogP contribution in [0.1, 0.15) is 18.4 Å². The molecule has 0 aromatic carbocycles. The zero-order valence-electron chi connectivity index (χ0n) is 13.7. The van der Waals surface area contributed by atoms with Crippen LogP contribution in [0.4, 0.5) is 0 Å². The molecule has 0 spiro atoms. The van der Waals surface area contributed by atoms with Crippen molar-refractivity contribution in [2.24, 2.45) is 0 Å². The maximum Gasteiger partial charge on any atom is 0.250 e. The molecule has 9 heteroatoms. The average molecular weight is 372 g/mol. The number of aromatic nitrogens is 1. The summed E-state index contributed by atoms with van der Waals surface area (Å²) in [5, 5.41) is 3.91. The van der Waals surface area contributed by atoms with Crippen molar-refractivity contribution in [2.45, 2.75) is 37.1 Å². The second-order valence-electron chi connectivity index (χ2n) is 5.58. The van der Waals surface area contributed by atoms with Gasteiger partial charge in [0.15, 0.2) is 0 Å². The molecule has 1 N–H and O–H groups in total. The summed E-state index contributed by atoms with van der Waals surface area (Å²) >= 11 is 1.19. The van der Waals surface area contributed by atoms with Gasteiger partial charge in [-0.3, -0.25) is 0 Å². The van der Waals surface area contributed by atoms with Gasteiger partial charge in [0.2, 0.25) is 10.0 Å². The monoisotopic (exact) mass is 372 g/mol. The number of ether oxygens (including phenoxy) is 2. The van der Waals surface area contributed by atoms with E-state index in [-0.39, 0.29) is 16.4 Å². The zero-order valence-corrected chi connectivity index (χ0v) is 15.4. The minimum atomic E-state index is -3.63. The van der Waals surface area contributed by atoms with Crippen LogP contribution in [0, 0.1) is 13.8 Å². The highest BCUT2D eigenvalue weighted by Crippen LogP contribution is 2.34. The Morgan fingerprint density at radius 1 is 1.38 bits per heavy atom. The van der Waals surface area contributed by atoms with Crippen LogP contribution in [0.3, 0.4) is 0 Å². The maximum atomic E-state index is 12.6. The first-order chi connectivity index (χ1) is 11.4. The van der Waals surface area contributed by atoms with Crippen LogP contribution in [0.25, 0.3) is 10.4 Å². The van der Waals surface area contributed by atoms with E-state index in [1.165, 1.54) is 11.3 Å². The molecule has 24 heavy (non-hydrogen) atoms. The van der Waals surface area contributed by atoms with E-state index in [0.717, 1.165) is 16.1 Å². The highest BCUT2D eigenvalue weighted by atomic mass is 32.2. The van der Waals surface area contributed by atoms with Crippen LogP contribution >= 0.6 is 11.3 Å². The predicted molar refractivity (Wildman–Crippen MR) is 89.6 cm³/mol. The minimum absolute atomic E-state index is 0.250. The number of rotatable bonds is 6. The standard InChI is InChI=1S/C15H20N2O5S2/c1-4-21-12-8-20-7-11(12)17-24(18,19)14-6-5-13(23-14)15-9(2)16-22-10(15)3/h5-6,11-12,17H,4,7-8H2,1-3H3/t11-,12-/m0/s1. The number of hydrogen-bond acceptors (Lipinski definition) is 7. The summed E-state index contributed by atoms with van der Waals surface area (Å²) < 4.78 is 44.2. The van der Waals surface area contributed by atoms with E-state index in [4.69, 9.17) is 14.0 Å². The SMILES string of the molecule is CCO[C@H]1COC[C@@H]1NS(=O)(=O)c1ccc(-c2c(C)noc2C)s1. The third kappa shape index (κ3) is 3.40. The van der Waals surface area contributed by atoms with Crippen LogP contribution < -0.4 is 4.72 Å². The van der Waals surface area contributed by atoms with Gasteiger partial charge in [0.25, 0.3) is 0 Å². The van der Waals surface area contributed by atoms with Crippen molar-refractivity contribution < 1.29 is 22.4 Å². The van der Waals surface area contributed by atoms with Crippen molar-refractivity contribution >= 4 is 21.4 Å². The Hall–Kier alpha value is -1.26. The van der Waals surface area contributed by atoms with E-state index < -0.39 is 10.0 Å². The van der Waals surface area contributed by atoms with Crippen molar-refractivity contribution in [3.05, 3.63) is 23.6 Å². The van der Waals surface area contributed by atoms with E-state index in [9.17, 15) is 8.42 Å². The Bertz CT molecular complexity index is 792. The van der Waals surface area contributed by atoms with Crippen LogP contribution in [-0.2, 0) is 19.5 Å². The number of hydrogen-bond donors (Lipinski definition) is 1. The first-order valence-electron chi connectivity index (χ1n) is 7.67. The van der Waals surface area contributed by atoms with Gasteiger partial charge in [0, 0.05) is 11.5 Å². The summed E-state index contributed by atoms with van der Waals surface area (Å²) in [7, 11) is -3.63. The lowest BCUT2D eigenvalue weighted by molar-refractivity contribution is 0.0440. The molecule has 1 saturated heterocycles. The largest absolute Gasteiger partial charge is 0.377 e. The second kappa shape index (κ2) is 6.93. The lowest BCUT2D eigenvalue weighted by Crippen LogP contribution is -2.43. The highest BCUT2D eigenvalue weighted by molar-refractivity contribution is 7.91. The zero-order chi connectivity index (χ0) is 17.3. The molecule has 3 rings (SSSR count). The topological polar surface area (TPSA) is 90.7 Å². The normalized spacial score (nSPS) is 21.5. The highest BCUT2D eigenvalue weighted by Gasteiger charge is 2.33. The van der Waals surface area contributed by atoms with E-state index in [1.54, 1.807) is 12.1 Å². The third-order valence-corrected chi connectivity index (χ3v) is 6.93. The number of nitrogens with zero attached hydrogens (tertiary/aromatic N) is 1. The molecule has 0 bridgehead atoms. The third-order valence-electron chi connectivity index (χ3n) is 3.84. The van der Waals surface area contributed by atoms with Crippen molar-refractivity contribution in [1.29, 1.82) is 0 Å². The molecule has 1 aliphatic heterocycles. The molecule has 0 aliphatic carbocycles. The Kier molecular flexibility index (Phi) is 5.07. The molecule has 0 unspecified atom stereocenters. The van der Waals surface area contributed by atoms with Crippen LogP contribution in [0.2, 0.25) is 0 Å². The molecular weight excluding hydrogens is 352 g/mol. The quantitative estimate of drug-likeness (QED) is 0.835. The second-order valence-corrected chi connectivity index (χ2v) is 8.60. The lowest BCUT2D eigenvalue weighted by atomic mass is 10.2. The fourth-order valence-electron chi connectivity index (χ4n) is 2.71. The van der Waals surface area contributed by atoms with Gasteiger partial charge in [-0.15, -0.1) is 11.3 Å². The fraction of sp³-hybridized carbons (Fsp3) is 0.533. The summed E-state index contributed by atoms with van der Waals surface area (Å²) in [5.41, 5.74) is 1.59. The van der Waals surface area contributed by atoms with Crippen molar-refractivity contribution in [1.82, 2.24) is 9.88 Å². The van der Waals surface area contributed by atoms with E-state index in [1.807, 2.05) is 20.8 Å². The summed E-state index contributed by atoms with van der Waals surface area (Å²) in [6.07, 6.45) is -0.258. The van der Waals surface area contributed by atoms with Crippen molar-refractivity contribution in [3.63, 3.8) is 0 Å². The van der Waals surface area contributed by atoms with Gasteiger partial charge in [-0.05, 0) is 32.9 Å². The van der Waals surface area contributed by atoms with Gasteiger partial charge in [-0.1, -0.05) is 5.16 Å². The molecule has 2 atom stereocenters. The first-order valence-corrected chi connectivity index (χ1v) is 9.97. The molecule has 132 valence electrons. The van der Waals surface area contributed by atoms with E-state index >= 15 is 0 Å². The molecule has 2 aromatic heterocycles. The summed E-state index contributed by atoms with van der Waals surface area (Å²) in [4.78, 5) is 0.815. The van der Waals surface area contributed by atoms with Crippen molar-refractivity contribution in [2.75, 3.05) is 19.8 Å². The molecule has 2 aromatic rings. The smallest absolute Gasteiger partial charge is 0.250 e. The van der Waals surface area contributed by atoms with E-state index in [2.05, 4.69) is 9.88 Å². The molecule has 3 heterocycles. The molecule has 0 radical (unpaired) electrons. The number of thiophene rings is 1. The van der Waals surface area contributed by atoms with Gasteiger partial charge in [0.1, 0.15) is 9.97 Å². The lowest BCUT2D eigenvalue weighted by Gasteiger charge is -2.18. The molecule has 0 amide bonds. The molecule has 1 aliphatic rings. The Labute approximate surface area is 145 Å². The molecular formula is C15H20N2O5S2. The van der Waals surface area contributed by atoms with E-state index in [0.29, 0.717) is 25.6 Å². The van der Waals surface area contributed by atoms with Gasteiger partial charge < -0.3 is 14.0 Å². The fourth-order valence-corrected chi connectivity index (χ4v) is 5.43. The summed E-state index contributed by atoms with van der Waals surface area (Å²) in [5.74, 6) is 0.673. The molecule has 7 nitrogen and oxygen atoms in total. The number of nitrogens with one attached hydrogen (secondary N) is 1. The van der Waals surface area contributed by atoms with Gasteiger partial charge in [-0.25, -0.2) is 13.1 Å². The van der Waals surface area contributed by atoms with Gasteiger partial charge >= 0.3 is 0 Å². The van der Waals surface area contributed by atoms with Crippen LogP contribution in [0.5, 0.6) is 0 Å². The van der Waals surface area contributed by atoms with Gasteiger partial charge in [0.05, 0.1) is 36.6 Å². The molecule has 1 fully saturated rings. The Morgan fingerprint density at radius 2 is 2.17 bits per heavy atom. The summed E-state index contributed by atoms with van der Waals surface area (Å²) in [6.45, 7) is 6.74. The van der Waals surface area contributed by atoms with Crippen molar-refractivity contribution in [3.8, 4) is 10.4 Å².